The van der Waals surface area contributed by atoms with Crippen molar-refractivity contribution in [2.45, 2.75) is 19.8 Å². The molecule has 0 radical (unpaired) electrons. The third-order valence-electron chi connectivity index (χ3n) is 3.03. The van der Waals surface area contributed by atoms with Crippen molar-refractivity contribution in [3.05, 3.63) is 47.8 Å². The number of nitrogens with one attached hydrogen (secondary N) is 1. The molecule has 1 amide bonds. The van der Waals surface area contributed by atoms with Crippen molar-refractivity contribution in [1.29, 1.82) is 0 Å². The summed E-state index contributed by atoms with van der Waals surface area (Å²) in [5.74, 6) is 1.09. The Morgan fingerprint density at radius 3 is 2.70 bits per heavy atom. The van der Waals surface area contributed by atoms with Gasteiger partial charge in [0.2, 0.25) is 17.6 Å². The van der Waals surface area contributed by atoms with Crippen molar-refractivity contribution in [3.63, 3.8) is 0 Å². The smallest absolute Gasteiger partial charge is 0.227 e. The van der Waals surface area contributed by atoms with Crippen LogP contribution in [0.15, 0.2) is 39.4 Å². The summed E-state index contributed by atoms with van der Waals surface area (Å²) in [6.45, 7) is 1.73. The number of carbonyl (C=O) groups excluding carboxylic acids is 1. The molecule has 2 heterocycles. The molecule has 7 nitrogen and oxygen atoms in total. The number of halogens is 1. The Morgan fingerprint density at radius 2 is 2.00 bits per heavy atom. The molecule has 0 fully saturated rings. The zero-order chi connectivity index (χ0) is 16.2. The second kappa shape index (κ2) is 6.39. The Kier molecular flexibility index (Phi) is 4.13. The van der Waals surface area contributed by atoms with Crippen LogP contribution in [0.3, 0.4) is 0 Å². The van der Waals surface area contributed by atoms with Crippen LogP contribution in [0.25, 0.3) is 11.4 Å². The van der Waals surface area contributed by atoms with Crippen LogP contribution in [0.5, 0.6) is 0 Å². The molecule has 0 saturated carbocycles. The molecule has 0 aliphatic heterocycles. The van der Waals surface area contributed by atoms with E-state index in [1.165, 1.54) is 12.1 Å². The van der Waals surface area contributed by atoms with Crippen LogP contribution in [0.2, 0.25) is 0 Å². The Bertz CT molecular complexity index is 810. The van der Waals surface area contributed by atoms with Gasteiger partial charge >= 0.3 is 0 Å². The van der Waals surface area contributed by atoms with Gasteiger partial charge in [0.05, 0.1) is 0 Å². The summed E-state index contributed by atoms with van der Waals surface area (Å²) >= 11 is 0. The van der Waals surface area contributed by atoms with Gasteiger partial charge in [-0.1, -0.05) is 10.3 Å². The van der Waals surface area contributed by atoms with Crippen LogP contribution in [0.1, 0.15) is 18.1 Å². The molecule has 0 aliphatic carbocycles. The Labute approximate surface area is 130 Å². The van der Waals surface area contributed by atoms with E-state index in [4.69, 9.17) is 9.05 Å². The van der Waals surface area contributed by atoms with Gasteiger partial charge in [0.25, 0.3) is 0 Å². The summed E-state index contributed by atoms with van der Waals surface area (Å²) < 4.78 is 22.8. The van der Waals surface area contributed by atoms with Crippen molar-refractivity contribution in [2.24, 2.45) is 0 Å². The van der Waals surface area contributed by atoms with Gasteiger partial charge in [-0.2, -0.15) is 4.98 Å². The van der Waals surface area contributed by atoms with Gasteiger partial charge in [-0.3, -0.25) is 4.79 Å². The topological polar surface area (TPSA) is 94.1 Å². The molecule has 0 saturated heterocycles. The average Bonchev–Trinajstić information content (AvgIpc) is 3.15. The number of aromatic nitrogens is 3. The number of carbonyl (C=O) groups is 1. The summed E-state index contributed by atoms with van der Waals surface area (Å²) in [7, 11) is 0. The monoisotopic (exact) mass is 316 g/mol. The molecule has 0 spiro atoms. The maximum absolute atomic E-state index is 12.9. The van der Waals surface area contributed by atoms with Gasteiger partial charge < -0.3 is 14.4 Å². The van der Waals surface area contributed by atoms with Crippen molar-refractivity contribution >= 4 is 11.7 Å². The fourth-order valence-corrected chi connectivity index (χ4v) is 1.92. The summed E-state index contributed by atoms with van der Waals surface area (Å²) in [5.41, 5.74) is 0.643. The molecule has 1 N–H and O–H groups in total. The molecule has 0 atom stereocenters. The summed E-state index contributed by atoms with van der Waals surface area (Å²) in [4.78, 5) is 16.0. The van der Waals surface area contributed by atoms with Gasteiger partial charge in [0, 0.05) is 24.5 Å². The highest BCUT2D eigenvalue weighted by atomic mass is 19.1. The van der Waals surface area contributed by atoms with E-state index in [-0.39, 0.29) is 24.6 Å². The Morgan fingerprint density at radius 1 is 1.22 bits per heavy atom. The van der Waals surface area contributed by atoms with E-state index in [0.29, 0.717) is 28.9 Å². The number of hydrogen-bond donors (Lipinski definition) is 1. The molecule has 1 aromatic carbocycles. The normalized spacial score (nSPS) is 10.7. The summed E-state index contributed by atoms with van der Waals surface area (Å²) in [5, 5.41) is 10.1. The van der Waals surface area contributed by atoms with E-state index < -0.39 is 0 Å². The van der Waals surface area contributed by atoms with Crippen molar-refractivity contribution in [1.82, 2.24) is 15.3 Å². The van der Waals surface area contributed by atoms with Crippen molar-refractivity contribution in [3.8, 4) is 11.4 Å². The molecule has 23 heavy (non-hydrogen) atoms. The fourth-order valence-electron chi connectivity index (χ4n) is 1.92. The van der Waals surface area contributed by atoms with Gasteiger partial charge in [0.15, 0.2) is 5.82 Å². The number of benzene rings is 1. The largest absolute Gasteiger partial charge is 0.360 e. The molecule has 3 rings (SSSR count). The SMILES string of the molecule is Cc1cc(NC(=O)CCc2nc(-c3ccc(F)cc3)no2)no1. The maximum Gasteiger partial charge on any atom is 0.227 e. The predicted molar refractivity (Wildman–Crippen MR) is 77.9 cm³/mol. The molecule has 118 valence electrons. The second-order valence-corrected chi connectivity index (χ2v) is 4.89. The predicted octanol–water partition coefficient (Wildman–Crippen LogP) is 2.74. The third-order valence-corrected chi connectivity index (χ3v) is 3.03. The van der Waals surface area contributed by atoms with E-state index in [9.17, 15) is 9.18 Å². The number of hydrogen-bond acceptors (Lipinski definition) is 6. The average molecular weight is 316 g/mol. The van der Waals surface area contributed by atoms with Crippen LogP contribution in [-0.2, 0) is 11.2 Å². The summed E-state index contributed by atoms with van der Waals surface area (Å²) in [6, 6.07) is 7.38. The first-order chi connectivity index (χ1) is 11.1. The van der Waals surface area contributed by atoms with E-state index >= 15 is 0 Å². The quantitative estimate of drug-likeness (QED) is 0.778. The highest BCUT2D eigenvalue weighted by molar-refractivity contribution is 5.89. The number of rotatable bonds is 5. The van der Waals surface area contributed by atoms with E-state index in [1.807, 2.05) is 0 Å². The highest BCUT2D eigenvalue weighted by Gasteiger charge is 2.12. The first-order valence-electron chi connectivity index (χ1n) is 6.92. The van der Waals surface area contributed by atoms with Gasteiger partial charge in [0.1, 0.15) is 11.6 Å². The number of aryl methyl sites for hydroxylation is 2. The lowest BCUT2D eigenvalue weighted by molar-refractivity contribution is -0.116. The maximum atomic E-state index is 12.9. The third kappa shape index (κ3) is 3.79. The van der Waals surface area contributed by atoms with E-state index in [0.717, 1.165) is 0 Å². The van der Waals surface area contributed by atoms with Gasteiger partial charge in [-0.25, -0.2) is 4.39 Å². The molecule has 2 aromatic heterocycles. The van der Waals surface area contributed by atoms with Crippen molar-refractivity contribution < 1.29 is 18.2 Å². The molecule has 0 bridgehead atoms. The first-order valence-corrected chi connectivity index (χ1v) is 6.92. The lowest BCUT2D eigenvalue weighted by Crippen LogP contribution is -2.12. The highest BCUT2D eigenvalue weighted by Crippen LogP contribution is 2.16. The zero-order valence-electron chi connectivity index (χ0n) is 12.2. The van der Waals surface area contributed by atoms with E-state index in [2.05, 4.69) is 20.6 Å². The van der Waals surface area contributed by atoms with Crippen LogP contribution >= 0.6 is 0 Å². The molecule has 3 aromatic rings. The number of nitrogens with zero attached hydrogens (tertiary/aromatic N) is 3. The van der Waals surface area contributed by atoms with Crippen LogP contribution in [0.4, 0.5) is 10.2 Å². The standard InChI is InChI=1S/C15H13FN4O3/c1-9-8-12(19-22-9)17-13(21)6-7-14-18-15(20-23-14)10-2-4-11(16)5-3-10/h2-5,8H,6-7H2,1H3,(H,17,19,21). The molecular formula is C15H13FN4O3. The molecule has 8 heteroatoms. The lowest BCUT2D eigenvalue weighted by atomic mass is 10.2. The van der Waals surface area contributed by atoms with Crippen LogP contribution in [0, 0.1) is 12.7 Å². The molecule has 0 unspecified atom stereocenters. The number of anilines is 1. The van der Waals surface area contributed by atoms with Gasteiger partial charge in [-0.15, -0.1) is 0 Å². The Hall–Kier alpha value is -3.03. The van der Waals surface area contributed by atoms with Crippen LogP contribution in [-0.4, -0.2) is 21.2 Å². The zero-order valence-corrected chi connectivity index (χ0v) is 12.2. The molecular weight excluding hydrogens is 303 g/mol. The first kappa shape index (κ1) is 14.9. The lowest BCUT2D eigenvalue weighted by Gasteiger charge is -1.98. The van der Waals surface area contributed by atoms with Crippen LogP contribution < -0.4 is 5.32 Å². The van der Waals surface area contributed by atoms with Crippen molar-refractivity contribution in [2.75, 3.05) is 5.32 Å². The minimum atomic E-state index is -0.336. The van der Waals surface area contributed by atoms with E-state index in [1.54, 1.807) is 25.1 Å². The molecule has 0 aliphatic rings. The Balaban J connectivity index is 1.56. The summed E-state index contributed by atoms with van der Waals surface area (Å²) in [6.07, 6.45) is 0.452. The minimum Gasteiger partial charge on any atom is -0.360 e. The number of amides is 1. The fraction of sp³-hybridized carbons (Fsp3) is 0.200. The minimum absolute atomic E-state index is 0.164. The van der Waals surface area contributed by atoms with Gasteiger partial charge in [-0.05, 0) is 31.2 Å². The second-order valence-electron chi connectivity index (χ2n) is 4.89.